The van der Waals surface area contributed by atoms with Crippen molar-refractivity contribution in [3.05, 3.63) is 12.2 Å². The maximum absolute atomic E-state index is 2.69. The van der Waals surface area contributed by atoms with E-state index in [0.29, 0.717) is 10.8 Å². The van der Waals surface area contributed by atoms with Gasteiger partial charge in [-0.2, -0.15) is 0 Å². The van der Waals surface area contributed by atoms with E-state index in [4.69, 9.17) is 0 Å². The van der Waals surface area contributed by atoms with Gasteiger partial charge in [-0.1, -0.05) is 59.1 Å². The fourth-order valence-corrected chi connectivity index (χ4v) is 6.65. The van der Waals surface area contributed by atoms with Crippen LogP contribution in [0.1, 0.15) is 85.5 Å². The monoisotopic (exact) mass is 288 g/mol. The van der Waals surface area contributed by atoms with E-state index in [2.05, 4.69) is 26.0 Å². The average molecular weight is 289 g/mol. The standard InChI is InChI=1S/C19H30.C2H6/c1-18-11-5-7-16(18)15-9-8-14-6-3-4-12-19(14,2)17(15)10-13-18;1-2/h8-9,14-17H,3-7,10-13H2,1-2H3;1-2H3/t14?,15?,16?,17?,18?,19-;/m0./s1. The molecule has 6 atom stereocenters. The largest absolute Gasteiger partial charge is 0.0846 e. The van der Waals surface area contributed by atoms with E-state index in [1.807, 2.05) is 13.8 Å². The zero-order valence-electron chi connectivity index (χ0n) is 14.8. The Morgan fingerprint density at radius 3 is 2.38 bits per heavy atom. The fraction of sp³-hybridized carbons (Fsp3) is 0.905. The van der Waals surface area contributed by atoms with Crippen LogP contribution in [-0.2, 0) is 0 Å². The topological polar surface area (TPSA) is 0 Å². The van der Waals surface area contributed by atoms with Crippen molar-refractivity contribution in [3.63, 3.8) is 0 Å². The second kappa shape index (κ2) is 5.74. The van der Waals surface area contributed by atoms with Gasteiger partial charge < -0.3 is 0 Å². The molecule has 0 nitrogen and oxygen atoms in total. The Hall–Kier alpha value is -0.260. The number of fused-ring (bicyclic) bond motifs is 5. The molecule has 120 valence electrons. The lowest BCUT2D eigenvalue weighted by Gasteiger charge is -2.57. The maximum Gasteiger partial charge on any atom is -0.0166 e. The first-order valence-corrected chi connectivity index (χ1v) is 9.82. The van der Waals surface area contributed by atoms with Crippen LogP contribution in [0.2, 0.25) is 0 Å². The van der Waals surface area contributed by atoms with E-state index in [9.17, 15) is 0 Å². The molecular weight excluding hydrogens is 252 g/mol. The van der Waals surface area contributed by atoms with E-state index in [0.717, 1.165) is 23.7 Å². The number of rotatable bonds is 0. The lowest BCUT2D eigenvalue weighted by Crippen LogP contribution is -2.49. The minimum atomic E-state index is 0.654. The van der Waals surface area contributed by atoms with E-state index >= 15 is 0 Å². The quantitative estimate of drug-likeness (QED) is 0.440. The third-order valence-corrected chi connectivity index (χ3v) is 7.85. The van der Waals surface area contributed by atoms with Crippen LogP contribution in [0.15, 0.2) is 12.2 Å². The Balaban J connectivity index is 0.000000636. The molecule has 0 heteroatoms. The Morgan fingerprint density at radius 1 is 0.762 bits per heavy atom. The zero-order chi connectivity index (χ0) is 15.1. The van der Waals surface area contributed by atoms with Crippen molar-refractivity contribution in [1.82, 2.24) is 0 Å². The maximum atomic E-state index is 2.69. The van der Waals surface area contributed by atoms with Crippen molar-refractivity contribution in [2.45, 2.75) is 85.5 Å². The van der Waals surface area contributed by atoms with Gasteiger partial charge in [0.1, 0.15) is 0 Å². The lowest BCUT2D eigenvalue weighted by molar-refractivity contribution is -0.0467. The van der Waals surface area contributed by atoms with Crippen molar-refractivity contribution in [2.75, 3.05) is 0 Å². The molecule has 0 aliphatic heterocycles. The smallest absolute Gasteiger partial charge is 0.0166 e. The van der Waals surface area contributed by atoms with Crippen LogP contribution < -0.4 is 0 Å². The molecular formula is C21H36. The highest BCUT2D eigenvalue weighted by Gasteiger charge is 2.55. The molecule has 0 spiro atoms. The molecule has 4 aliphatic rings. The summed E-state index contributed by atoms with van der Waals surface area (Å²) in [5.41, 5.74) is 1.35. The van der Waals surface area contributed by atoms with Crippen LogP contribution in [0.4, 0.5) is 0 Å². The summed E-state index contributed by atoms with van der Waals surface area (Å²) in [6.45, 7) is 9.25. The molecule has 0 amide bonds. The summed E-state index contributed by atoms with van der Waals surface area (Å²) in [6.07, 6.45) is 18.9. The Labute approximate surface area is 132 Å². The average Bonchev–Trinajstić information content (AvgIpc) is 2.90. The third-order valence-electron chi connectivity index (χ3n) is 7.85. The zero-order valence-corrected chi connectivity index (χ0v) is 14.8. The number of allylic oxidation sites excluding steroid dienone is 2. The van der Waals surface area contributed by atoms with Gasteiger partial charge in [-0.15, -0.1) is 0 Å². The van der Waals surface area contributed by atoms with Gasteiger partial charge in [-0.25, -0.2) is 0 Å². The van der Waals surface area contributed by atoms with Crippen molar-refractivity contribution in [2.24, 2.45) is 34.5 Å². The summed E-state index contributed by atoms with van der Waals surface area (Å²) in [4.78, 5) is 0. The Morgan fingerprint density at radius 2 is 1.57 bits per heavy atom. The number of hydrogen-bond acceptors (Lipinski definition) is 0. The van der Waals surface area contributed by atoms with Crippen LogP contribution in [0.25, 0.3) is 0 Å². The molecule has 0 aromatic rings. The van der Waals surface area contributed by atoms with Crippen LogP contribution in [0, 0.1) is 34.5 Å². The summed E-state index contributed by atoms with van der Waals surface area (Å²) < 4.78 is 0. The number of hydrogen-bond donors (Lipinski definition) is 0. The predicted octanol–water partition coefficient (Wildman–Crippen LogP) is 6.61. The van der Waals surface area contributed by atoms with Crippen molar-refractivity contribution >= 4 is 0 Å². The first-order chi connectivity index (χ1) is 10.1. The van der Waals surface area contributed by atoms with E-state index < -0.39 is 0 Å². The molecule has 3 fully saturated rings. The van der Waals surface area contributed by atoms with Gasteiger partial charge in [0.05, 0.1) is 0 Å². The summed E-state index contributed by atoms with van der Waals surface area (Å²) >= 11 is 0. The van der Waals surface area contributed by atoms with Crippen molar-refractivity contribution < 1.29 is 0 Å². The van der Waals surface area contributed by atoms with Gasteiger partial charge in [0.25, 0.3) is 0 Å². The van der Waals surface area contributed by atoms with Gasteiger partial charge in [-0.05, 0) is 73.0 Å². The summed E-state index contributed by atoms with van der Waals surface area (Å²) in [5.74, 6) is 3.87. The van der Waals surface area contributed by atoms with Crippen molar-refractivity contribution in [1.29, 1.82) is 0 Å². The minimum Gasteiger partial charge on any atom is -0.0846 e. The van der Waals surface area contributed by atoms with Gasteiger partial charge in [-0.3, -0.25) is 0 Å². The molecule has 0 N–H and O–H groups in total. The van der Waals surface area contributed by atoms with E-state index in [1.165, 1.54) is 57.8 Å². The molecule has 0 heterocycles. The predicted molar refractivity (Wildman–Crippen MR) is 92.2 cm³/mol. The molecule has 0 saturated heterocycles. The summed E-state index contributed by atoms with van der Waals surface area (Å²) in [5, 5.41) is 0. The van der Waals surface area contributed by atoms with Crippen molar-refractivity contribution in [3.8, 4) is 0 Å². The Bertz CT molecular complexity index is 395. The molecule has 0 aromatic heterocycles. The lowest BCUT2D eigenvalue weighted by atomic mass is 9.47. The van der Waals surface area contributed by atoms with Gasteiger partial charge >= 0.3 is 0 Å². The highest BCUT2D eigenvalue weighted by molar-refractivity contribution is 5.16. The van der Waals surface area contributed by atoms with Gasteiger partial charge in [0.2, 0.25) is 0 Å². The minimum absolute atomic E-state index is 0.654. The van der Waals surface area contributed by atoms with E-state index in [-0.39, 0.29) is 0 Å². The molecule has 4 aliphatic carbocycles. The molecule has 3 saturated carbocycles. The highest BCUT2D eigenvalue weighted by Crippen LogP contribution is 2.64. The molecule has 4 rings (SSSR count). The molecule has 0 bridgehead atoms. The fourth-order valence-electron chi connectivity index (χ4n) is 6.65. The van der Waals surface area contributed by atoms with Crippen LogP contribution >= 0.6 is 0 Å². The van der Waals surface area contributed by atoms with Crippen LogP contribution in [0.5, 0.6) is 0 Å². The van der Waals surface area contributed by atoms with Gasteiger partial charge in [0.15, 0.2) is 0 Å². The molecule has 0 radical (unpaired) electrons. The van der Waals surface area contributed by atoms with E-state index in [1.54, 1.807) is 0 Å². The molecule has 0 aromatic carbocycles. The second-order valence-electron chi connectivity index (χ2n) is 8.62. The van der Waals surface area contributed by atoms with Crippen LogP contribution in [-0.4, -0.2) is 0 Å². The first kappa shape index (κ1) is 15.6. The third kappa shape index (κ3) is 2.32. The second-order valence-corrected chi connectivity index (χ2v) is 8.62. The SMILES string of the molecule is CC.CC12CCCC1C1C=CC3CCCC[C@]3(C)C1CC2. The van der Waals surface area contributed by atoms with Gasteiger partial charge in [0, 0.05) is 0 Å². The van der Waals surface area contributed by atoms with Crippen LogP contribution in [0.3, 0.4) is 0 Å². The highest BCUT2D eigenvalue weighted by atomic mass is 14.6. The molecule has 5 unspecified atom stereocenters. The summed E-state index contributed by atoms with van der Waals surface area (Å²) in [6, 6.07) is 0. The molecule has 21 heavy (non-hydrogen) atoms. The normalized spacial score (nSPS) is 51.2. The first-order valence-electron chi connectivity index (χ1n) is 9.82. The summed E-state index contributed by atoms with van der Waals surface area (Å²) in [7, 11) is 0. The Kier molecular flexibility index (Phi) is 4.27.